The van der Waals surface area contributed by atoms with E-state index in [4.69, 9.17) is 10.2 Å². The Hall–Kier alpha value is -1.73. The zero-order valence-electron chi connectivity index (χ0n) is 11.0. The monoisotopic (exact) mass is 268 g/mol. The van der Waals surface area contributed by atoms with Crippen LogP contribution in [0.15, 0.2) is 12.4 Å². The van der Waals surface area contributed by atoms with Crippen molar-refractivity contribution in [2.24, 2.45) is 0 Å². The third-order valence-corrected chi connectivity index (χ3v) is 2.55. The molecule has 1 heterocycles. The highest BCUT2D eigenvalue weighted by atomic mass is 16.4. The Morgan fingerprint density at radius 2 is 2.11 bits per heavy atom. The molecular weight excluding hydrogens is 248 g/mol. The van der Waals surface area contributed by atoms with Gasteiger partial charge in [0.25, 0.3) is 0 Å². The number of hydrogen-bond acceptors (Lipinski definition) is 6. The maximum absolute atomic E-state index is 10.7. The summed E-state index contributed by atoms with van der Waals surface area (Å²) in [4.78, 5) is 18.9. The van der Waals surface area contributed by atoms with Gasteiger partial charge in [0.15, 0.2) is 0 Å². The predicted octanol–water partition coefficient (Wildman–Crippen LogP) is 0.224. The van der Waals surface area contributed by atoms with Crippen LogP contribution in [0.1, 0.15) is 25.3 Å². The number of hydrogen-bond donors (Lipinski definition) is 4. The molecule has 0 radical (unpaired) electrons. The van der Waals surface area contributed by atoms with Crippen LogP contribution < -0.4 is 10.6 Å². The number of aliphatic carboxylic acids is 1. The van der Waals surface area contributed by atoms with Crippen LogP contribution in [0, 0.1) is 0 Å². The second-order valence-corrected chi connectivity index (χ2v) is 4.15. The summed E-state index contributed by atoms with van der Waals surface area (Å²) in [6.45, 7) is 2.79. The molecule has 0 saturated carbocycles. The Kier molecular flexibility index (Phi) is 6.76. The Labute approximate surface area is 112 Å². The van der Waals surface area contributed by atoms with Crippen LogP contribution in [0.4, 0.5) is 5.95 Å². The van der Waals surface area contributed by atoms with Crippen LogP contribution in [0.25, 0.3) is 0 Å². The maximum atomic E-state index is 10.7. The number of aromatic nitrogens is 2. The first-order valence-electron chi connectivity index (χ1n) is 6.29. The molecular formula is C12H20N4O3. The number of carbonyl (C=O) groups is 1. The average Bonchev–Trinajstić information content (AvgIpc) is 2.41. The molecule has 0 aliphatic heterocycles. The molecule has 0 saturated heterocycles. The van der Waals surface area contributed by atoms with Gasteiger partial charge in [-0.15, -0.1) is 0 Å². The molecule has 19 heavy (non-hydrogen) atoms. The number of carboxylic acid groups (broad SMARTS) is 1. The van der Waals surface area contributed by atoms with Gasteiger partial charge in [-0.25, -0.2) is 9.97 Å². The molecule has 106 valence electrons. The van der Waals surface area contributed by atoms with E-state index in [1.807, 2.05) is 0 Å². The van der Waals surface area contributed by atoms with E-state index in [2.05, 4.69) is 27.5 Å². The smallest absolute Gasteiger partial charge is 0.323 e. The molecule has 0 aromatic carbocycles. The van der Waals surface area contributed by atoms with Crippen molar-refractivity contribution in [1.29, 1.82) is 0 Å². The van der Waals surface area contributed by atoms with Crippen molar-refractivity contribution in [3.8, 4) is 0 Å². The van der Waals surface area contributed by atoms with E-state index in [-0.39, 0.29) is 0 Å². The Bertz CT molecular complexity index is 383. The topological polar surface area (TPSA) is 107 Å². The number of carboxylic acids is 1. The number of anilines is 1. The van der Waals surface area contributed by atoms with Crippen LogP contribution >= 0.6 is 0 Å². The fraction of sp³-hybridized carbons (Fsp3) is 0.583. The van der Waals surface area contributed by atoms with E-state index in [1.165, 1.54) is 0 Å². The lowest BCUT2D eigenvalue weighted by molar-refractivity contribution is -0.140. The standard InChI is InChI=1S/C12H20N4O3/c1-2-3-4-13-12-15-6-9(7-16-12)5-14-10(8-17)11(18)19/h6-7,10,14,17H,2-5,8H2,1H3,(H,18,19)(H,13,15,16). The molecule has 0 aliphatic rings. The fourth-order valence-corrected chi connectivity index (χ4v) is 1.39. The van der Waals surface area contributed by atoms with Gasteiger partial charge < -0.3 is 15.5 Å². The van der Waals surface area contributed by atoms with Crippen molar-refractivity contribution in [2.45, 2.75) is 32.4 Å². The summed E-state index contributed by atoms with van der Waals surface area (Å²) in [7, 11) is 0. The number of aliphatic hydroxyl groups is 1. The van der Waals surface area contributed by atoms with Crippen LogP contribution in [-0.4, -0.2) is 45.3 Å². The van der Waals surface area contributed by atoms with E-state index in [0.717, 1.165) is 24.9 Å². The first-order valence-corrected chi connectivity index (χ1v) is 6.29. The van der Waals surface area contributed by atoms with Gasteiger partial charge in [0.05, 0.1) is 6.61 Å². The molecule has 0 amide bonds. The molecule has 1 unspecified atom stereocenters. The highest BCUT2D eigenvalue weighted by molar-refractivity contribution is 5.73. The van der Waals surface area contributed by atoms with Gasteiger partial charge in [0, 0.05) is 31.0 Å². The Morgan fingerprint density at radius 1 is 1.42 bits per heavy atom. The molecule has 0 fully saturated rings. The number of nitrogens with zero attached hydrogens (tertiary/aromatic N) is 2. The molecule has 0 bridgehead atoms. The summed E-state index contributed by atoms with van der Waals surface area (Å²) >= 11 is 0. The number of nitrogens with one attached hydrogen (secondary N) is 2. The molecule has 0 aliphatic carbocycles. The predicted molar refractivity (Wildman–Crippen MR) is 70.8 cm³/mol. The van der Waals surface area contributed by atoms with Crippen molar-refractivity contribution in [3.05, 3.63) is 18.0 Å². The lowest BCUT2D eigenvalue weighted by Gasteiger charge is -2.11. The minimum atomic E-state index is -1.08. The average molecular weight is 268 g/mol. The van der Waals surface area contributed by atoms with E-state index in [9.17, 15) is 4.79 Å². The molecule has 7 heteroatoms. The second kappa shape index (κ2) is 8.39. The number of aliphatic hydroxyl groups excluding tert-OH is 1. The largest absolute Gasteiger partial charge is 0.480 e. The number of rotatable bonds is 9. The first-order chi connectivity index (χ1) is 9.17. The van der Waals surface area contributed by atoms with Crippen LogP contribution in [0.3, 0.4) is 0 Å². The summed E-state index contributed by atoms with van der Waals surface area (Å²) in [5.41, 5.74) is 0.765. The van der Waals surface area contributed by atoms with E-state index < -0.39 is 18.6 Å². The zero-order valence-corrected chi connectivity index (χ0v) is 11.0. The molecule has 7 nitrogen and oxygen atoms in total. The van der Waals surface area contributed by atoms with Gasteiger partial charge in [-0.05, 0) is 6.42 Å². The molecule has 1 atom stereocenters. The number of unbranched alkanes of at least 4 members (excludes halogenated alkanes) is 1. The molecule has 1 aromatic heterocycles. The van der Waals surface area contributed by atoms with Crippen molar-refractivity contribution in [1.82, 2.24) is 15.3 Å². The van der Waals surface area contributed by atoms with Gasteiger partial charge in [0.2, 0.25) is 5.95 Å². The van der Waals surface area contributed by atoms with Gasteiger partial charge in [-0.2, -0.15) is 0 Å². The van der Waals surface area contributed by atoms with Gasteiger partial charge in [0.1, 0.15) is 6.04 Å². The highest BCUT2D eigenvalue weighted by Crippen LogP contribution is 2.01. The van der Waals surface area contributed by atoms with Gasteiger partial charge in [-0.3, -0.25) is 10.1 Å². The molecule has 1 aromatic rings. The van der Waals surface area contributed by atoms with Gasteiger partial charge in [-0.1, -0.05) is 13.3 Å². The van der Waals surface area contributed by atoms with E-state index in [0.29, 0.717) is 12.5 Å². The molecule has 1 rings (SSSR count). The third-order valence-electron chi connectivity index (χ3n) is 2.55. The summed E-state index contributed by atoms with van der Waals surface area (Å²) in [5.74, 6) is -0.518. The Balaban J connectivity index is 2.41. The Morgan fingerprint density at radius 3 is 2.63 bits per heavy atom. The zero-order chi connectivity index (χ0) is 14.1. The maximum Gasteiger partial charge on any atom is 0.323 e. The molecule has 4 N–H and O–H groups in total. The summed E-state index contributed by atoms with van der Waals surface area (Å²) in [6.07, 6.45) is 5.42. The normalized spacial score (nSPS) is 12.1. The minimum Gasteiger partial charge on any atom is -0.480 e. The quantitative estimate of drug-likeness (QED) is 0.475. The summed E-state index contributed by atoms with van der Waals surface area (Å²) < 4.78 is 0. The fourth-order valence-electron chi connectivity index (χ4n) is 1.39. The SMILES string of the molecule is CCCCNc1ncc(CNC(CO)C(=O)O)cn1. The molecule has 0 spiro atoms. The van der Waals surface area contributed by atoms with Crippen LogP contribution in [0.2, 0.25) is 0 Å². The van der Waals surface area contributed by atoms with Crippen LogP contribution in [0.5, 0.6) is 0 Å². The second-order valence-electron chi connectivity index (χ2n) is 4.15. The lowest BCUT2D eigenvalue weighted by Crippen LogP contribution is -2.39. The van der Waals surface area contributed by atoms with Crippen molar-refractivity contribution >= 4 is 11.9 Å². The van der Waals surface area contributed by atoms with Crippen molar-refractivity contribution < 1.29 is 15.0 Å². The van der Waals surface area contributed by atoms with Crippen molar-refractivity contribution in [3.63, 3.8) is 0 Å². The first kappa shape index (κ1) is 15.3. The van der Waals surface area contributed by atoms with E-state index >= 15 is 0 Å². The van der Waals surface area contributed by atoms with Gasteiger partial charge >= 0.3 is 5.97 Å². The highest BCUT2D eigenvalue weighted by Gasteiger charge is 2.14. The van der Waals surface area contributed by atoms with E-state index in [1.54, 1.807) is 12.4 Å². The minimum absolute atomic E-state index is 0.298. The van der Waals surface area contributed by atoms with Crippen LogP contribution in [-0.2, 0) is 11.3 Å². The lowest BCUT2D eigenvalue weighted by atomic mass is 10.3. The summed E-state index contributed by atoms with van der Waals surface area (Å²) in [6, 6.07) is -0.970. The van der Waals surface area contributed by atoms with Crippen molar-refractivity contribution in [2.75, 3.05) is 18.5 Å². The third kappa shape index (κ3) is 5.62. The summed E-state index contributed by atoms with van der Waals surface area (Å²) in [5, 5.41) is 23.4.